The highest BCUT2D eigenvalue weighted by molar-refractivity contribution is 5.76. The molecule has 0 aromatic heterocycles. The molecule has 0 aliphatic rings. The van der Waals surface area contributed by atoms with Gasteiger partial charge >= 0.3 is 5.97 Å². The van der Waals surface area contributed by atoms with E-state index >= 15 is 0 Å². The Morgan fingerprint density at radius 1 is 1.50 bits per heavy atom. The summed E-state index contributed by atoms with van der Waals surface area (Å²) in [5.74, 6) is -2.04. The number of carboxylic acids is 1. The minimum absolute atomic E-state index is 0.110. The largest absolute Gasteiger partial charge is 0.481 e. The number of aryl methyl sites for hydroxylation is 1. The van der Waals surface area contributed by atoms with Gasteiger partial charge in [-0.15, -0.1) is 0 Å². The maximum atomic E-state index is 12.6. The van der Waals surface area contributed by atoms with Crippen LogP contribution in [0.15, 0.2) is 18.2 Å². The highest BCUT2D eigenvalue weighted by atomic mass is 19.3. The summed E-state index contributed by atoms with van der Waals surface area (Å²) in [4.78, 5) is 10.8. The lowest BCUT2D eigenvalue weighted by Crippen LogP contribution is -2.21. The minimum atomic E-state index is -2.60. The fourth-order valence-corrected chi connectivity index (χ4v) is 1.49. The Kier molecular flexibility index (Phi) is 3.95. The second-order valence-corrected chi connectivity index (χ2v) is 3.54. The lowest BCUT2D eigenvalue weighted by Gasteiger charge is -2.13. The Morgan fingerprint density at radius 2 is 2.12 bits per heavy atom. The Morgan fingerprint density at radius 3 is 2.56 bits per heavy atom. The van der Waals surface area contributed by atoms with Gasteiger partial charge in [-0.1, -0.05) is 12.1 Å². The molecule has 0 saturated carbocycles. The first kappa shape index (κ1) is 12.6. The maximum Gasteiger partial charge on any atom is 0.312 e. The topological polar surface area (TPSA) is 63.3 Å². The quantitative estimate of drug-likeness (QED) is 0.830. The van der Waals surface area contributed by atoms with E-state index < -0.39 is 18.3 Å². The van der Waals surface area contributed by atoms with Gasteiger partial charge in [-0.3, -0.25) is 4.79 Å². The van der Waals surface area contributed by atoms with Gasteiger partial charge in [0.2, 0.25) is 0 Å². The lowest BCUT2D eigenvalue weighted by atomic mass is 9.95. The Balaban J connectivity index is 3.15. The molecule has 0 bridgehead atoms. The van der Waals surface area contributed by atoms with Gasteiger partial charge in [0.1, 0.15) is 0 Å². The van der Waals surface area contributed by atoms with E-state index in [1.54, 1.807) is 6.92 Å². The van der Waals surface area contributed by atoms with Crippen LogP contribution in [0.25, 0.3) is 0 Å². The van der Waals surface area contributed by atoms with Crippen LogP contribution in [0, 0.1) is 6.92 Å². The van der Waals surface area contributed by atoms with E-state index in [0.29, 0.717) is 11.1 Å². The number of hydrogen-bond donors (Lipinski definition) is 2. The number of carbonyl (C=O) groups is 1. The van der Waals surface area contributed by atoms with Crippen LogP contribution >= 0.6 is 0 Å². The van der Waals surface area contributed by atoms with Gasteiger partial charge in [-0.2, -0.15) is 0 Å². The molecule has 3 nitrogen and oxygen atoms in total. The van der Waals surface area contributed by atoms with E-state index in [4.69, 9.17) is 10.8 Å². The van der Waals surface area contributed by atoms with Crippen molar-refractivity contribution < 1.29 is 18.7 Å². The molecule has 0 fully saturated rings. The molecule has 16 heavy (non-hydrogen) atoms. The Hall–Kier alpha value is -1.49. The van der Waals surface area contributed by atoms with Crippen LogP contribution in [-0.2, 0) is 4.79 Å². The molecule has 1 atom stereocenters. The number of aliphatic carboxylic acids is 1. The zero-order valence-electron chi connectivity index (χ0n) is 8.78. The van der Waals surface area contributed by atoms with E-state index in [9.17, 15) is 13.6 Å². The van der Waals surface area contributed by atoms with E-state index in [-0.39, 0.29) is 12.1 Å². The molecule has 0 heterocycles. The van der Waals surface area contributed by atoms with Crippen molar-refractivity contribution in [1.29, 1.82) is 0 Å². The monoisotopic (exact) mass is 229 g/mol. The van der Waals surface area contributed by atoms with Crippen LogP contribution in [0.1, 0.15) is 29.0 Å². The molecule has 5 heteroatoms. The summed E-state index contributed by atoms with van der Waals surface area (Å²) in [6.07, 6.45) is -2.60. The van der Waals surface area contributed by atoms with Gasteiger partial charge in [-0.05, 0) is 24.1 Å². The molecule has 1 unspecified atom stereocenters. The average molecular weight is 229 g/mol. The zero-order valence-corrected chi connectivity index (χ0v) is 8.78. The fraction of sp³-hybridized carbons (Fsp3) is 0.364. The van der Waals surface area contributed by atoms with Crippen molar-refractivity contribution >= 4 is 5.97 Å². The summed E-state index contributed by atoms with van der Waals surface area (Å²) < 4.78 is 25.2. The number of halogens is 2. The molecule has 0 saturated heterocycles. The smallest absolute Gasteiger partial charge is 0.312 e. The molecule has 0 radical (unpaired) electrons. The summed E-state index contributed by atoms with van der Waals surface area (Å²) in [7, 11) is 0. The van der Waals surface area contributed by atoms with E-state index in [1.807, 2.05) is 0 Å². The predicted octanol–water partition coefficient (Wildman–Crippen LogP) is 2.06. The van der Waals surface area contributed by atoms with Crippen molar-refractivity contribution in [3.05, 3.63) is 34.9 Å². The molecule has 3 N–H and O–H groups in total. The van der Waals surface area contributed by atoms with E-state index in [0.717, 1.165) is 0 Å². The van der Waals surface area contributed by atoms with Gasteiger partial charge in [0.25, 0.3) is 6.43 Å². The first-order valence-electron chi connectivity index (χ1n) is 4.78. The number of alkyl halides is 2. The minimum Gasteiger partial charge on any atom is -0.481 e. The number of rotatable bonds is 4. The standard InChI is InChI=1S/C11H13F2NO2/c1-6-2-3-7(4-8(6)10(12)13)9(5-14)11(15)16/h2-4,9-10H,5,14H2,1H3,(H,15,16). The highest BCUT2D eigenvalue weighted by Crippen LogP contribution is 2.26. The second kappa shape index (κ2) is 5.03. The third-order valence-corrected chi connectivity index (χ3v) is 2.47. The third kappa shape index (κ3) is 2.55. The molecule has 0 spiro atoms. The van der Waals surface area contributed by atoms with Crippen LogP contribution in [0.3, 0.4) is 0 Å². The fourth-order valence-electron chi connectivity index (χ4n) is 1.49. The Bertz CT molecular complexity index is 394. The zero-order chi connectivity index (χ0) is 12.3. The molecule has 0 aliphatic carbocycles. The SMILES string of the molecule is Cc1ccc(C(CN)C(=O)O)cc1C(F)F. The van der Waals surface area contributed by atoms with Gasteiger partial charge in [0, 0.05) is 12.1 Å². The van der Waals surface area contributed by atoms with Crippen molar-refractivity contribution in [2.75, 3.05) is 6.54 Å². The Labute approximate surface area is 91.9 Å². The predicted molar refractivity (Wildman–Crippen MR) is 55.6 cm³/mol. The number of carboxylic acid groups (broad SMARTS) is 1. The molecule has 0 amide bonds. The van der Waals surface area contributed by atoms with Gasteiger partial charge in [0.15, 0.2) is 0 Å². The van der Waals surface area contributed by atoms with Crippen LogP contribution in [0.2, 0.25) is 0 Å². The summed E-state index contributed by atoms with van der Waals surface area (Å²) in [5, 5.41) is 8.86. The first-order valence-corrected chi connectivity index (χ1v) is 4.78. The number of nitrogens with two attached hydrogens (primary N) is 1. The van der Waals surface area contributed by atoms with Crippen LogP contribution < -0.4 is 5.73 Å². The molecule has 88 valence electrons. The first-order chi connectivity index (χ1) is 7.47. The summed E-state index contributed by atoms with van der Waals surface area (Å²) >= 11 is 0. The van der Waals surface area contributed by atoms with Crippen molar-refractivity contribution in [2.45, 2.75) is 19.3 Å². The molecular weight excluding hydrogens is 216 g/mol. The summed E-state index contributed by atoms with van der Waals surface area (Å²) in [5.41, 5.74) is 5.92. The average Bonchev–Trinajstić information content (AvgIpc) is 2.20. The van der Waals surface area contributed by atoms with Crippen molar-refractivity contribution in [3.63, 3.8) is 0 Å². The number of benzene rings is 1. The van der Waals surface area contributed by atoms with Crippen LogP contribution in [0.5, 0.6) is 0 Å². The molecule has 1 aromatic rings. The lowest BCUT2D eigenvalue weighted by molar-refractivity contribution is -0.138. The third-order valence-electron chi connectivity index (χ3n) is 2.47. The van der Waals surface area contributed by atoms with Gasteiger partial charge < -0.3 is 10.8 Å². The van der Waals surface area contributed by atoms with Gasteiger partial charge in [0.05, 0.1) is 5.92 Å². The van der Waals surface area contributed by atoms with Gasteiger partial charge in [-0.25, -0.2) is 8.78 Å². The maximum absolute atomic E-state index is 12.6. The van der Waals surface area contributed by atoms with Crippen molar-refractivity contribution in [1.82, 2.24) is 0 Å². The molecule has 1 rings (SSSR count). The van der Waals surface area contributed by atoms with Crippen LogP contribution in [-0.4, -0.2) is 17.6 Å². The molecule has 0 aliphatic heterocycles. The summed E-state index contributed by atoms with van der Waals surface area (Å²) in [6, 6.07) is 4.22. The van der Waals surface area contributed by atoms with Crippen LogP contribution in [0.4, 0.5) is 8.78 Å². The second-order valence-electron chi connectivity index (χ2n) is 3.54. The normalized spacial score (nSPS) is 12.8. The highest BCUT2D eigenvalue weighted by Gasteiger charge is 2.20. The van der Waals surface area contributed by atoms with Crippen molar-refractivity contribution in [2.24, 2.45) is 5.73 Å². The number of hydrogen-bond acceptors (Lipinski definition) is 2. The van der Waals surface area contributed by atoms with Crippen molar-refractivity contribution in [3.8, 4) is 0 Å². The van der Waals surface area contributed by atoms with E-state index in [2.05, 4.69) is 0 Å². The molecule has 1 aromatic carbocycles. The summed E-state index contributed by atoms with van der Waals surface area (Å²) in [6.45, 7) is 1.45. The molecular formula is C11H13F2NO2. The van der Waals surface area contributed by atoms with E-state index in [1.165, 1.54) is 18.2 Å².